The molecule has 2 aromatic rings. The lowest BCUT2D eigenvalue weighted by molar-refractivity contribution is 0.956. The van der Waals surface area contributed by atoms with Crippen molar-refractivity contribution < 1.29 is 0 Å². The van der Waals surface area contributed by atoms with Crippen molar-refractivity contribution in [1.82, 2.24) is 14.6 Å². The van der Waals surface area contributed by atoms with Gasteiger partial charge >= 0.3 is 0 Å². The summed E-state index contributed by atoms with van der Waals surface area (Å²) in [5, 5.41) is 3.99. The number of aromatic nitrogens is 3. The molecule has 0 aliphatic rings. The van der Waals surface area contributed by atoms with E-state index in [1.54, 1.807) is 10.8 Å². The summed E-state index contributed by atoms with van der Waals surface area (Å²) in [7, 11) is 0. The van der Waals surface area contributed by atoms with Crippen LogP contribution in [0.1, 0.15) is 19.4 Å². The van der Waals surface area contributed by atoms with E-state index in [2.05, 4.69) is 10.1 Å². The van der Waals surface area contributed by atoms with Crippen LogP contribution in [0.2, 0.25) is 0 Å². The summed E-state index contributed by atoms with van der Waals surface area (Å²) in [6.45, 7) is 6.02. The maximum absolute atomic E-state index is 4.07. The van der Waals surface area contributed by atoms with Gasteiger partial charge in [-0.05, 0) is 18.6 Å². The summed E-state index contributed by atoms with van der Waals surface area (Å²) in [6, 6.07) is 3.97. The molecule has 2 heterocycles. The summed E-state index contributed by atoms with van der Waals surface area (Å²) >= 11 is 0. The highest BCUT2D eigenvalue weighted by Gasteiger charge is 1.94. The van der Waals surface area contributed by atoms with E-state index in [0.717, 1.165) is 11.2 Å². The first-order valence-electron chi connectivity index (χ1n) is 4.13. The van der Waals surface area contributed by atoms with Crippen LogP contribution in [0.5, 0.6) is 0 Å². The molecule has 64 valence electrons. The summed E-state index contributed by atoms with van der Waals surface area (Å²) in [5.41, 5.74) is 2.09. The van der Waals surface area contributed by atoms with E-state index in [-0.39, 0.29) is 0 Å². The van der Waals surface area contributed by atoms with Gasteiger partial charge in [0.1, 0.15) is 6.33 Å². The van der Waals surface area contributed by atoms with Crippen LogP contribution in [0.25, 0.3) is 5.65 Å². The molecule has 0 amide bonds. The number of nitrogens with zero attached hydrogens (tertiary/aromatic N) is 3. The molecular formula is C9H13N3. The second kappa shape index (κ2) is 3.85. The van der Waals surface area contributed by atoms with Crippen LogP contribution in [0.3, 0.4) is 0 Å². The average molecular weight is 163 g/mol. The molecular weight excluding hydrogens is 150 g/mol. The minimum atomic E-state index is 0.933. The Balaban J connectivity index is 0.000000336. The van der Waals surface area contributed by atoms with Crippen molar-refractivity contribution in [2.24, 2.45) is 0 Å². The van der Waals surface area contributed by atoms with E-state index in [0.29, 0.717) is 0 Å². The van der Waals surface area contributed by atoms with Crippen LogP contribution in [0.15, 0.2) is 24.7 Å². The monoisotopic (exact) mass is 163 g/mol. The van der Waals surface area contributed by atoms with Gasteiger partial charge in [-0.3, -0.25) is 0 Å². The number of rotatable bonds is 0. The Morgan fingerprint density at radius 2 is 2.08 bits per heavy atom. The number of hydrogen-bond donors (Lipinski definition) is 0. The second-order valence-electron chi connectivity index (χ2n) is 2.22. The van der Waals surface area contributed by atoms with Gasteiger partial charge in [-0.2, -0.15) is 5.10 Å². The van der Waals surface area contributed by atoms with E-state index >= 15 is 0 Å². The Labute approximate surface area is 72.1 Å². The minimum Gasteiger partial charge on any atom is -0.221 e. The van der Waals surface area contributed by atoms with Gasteiger partial charge in [-0.15, -0.1) is 0 Å². The molecule has 0 fully saturated rings. The summed E-state index contributed by atoms with van der Waals surface area (Å²) in [6.07, 6.45) is 3.44. The SMILES string of the molecule is CC.Cc1cccn2ncnc12. The zero-order chi connectivity index (χ0) is 8.97. The molecule has 0 bridgehead atoms. The van der Waals surface area contributed by atoms with Crippen LogP contribution in [0.4, 0.5) is 0 Å². The van der Waals surface area contributed by atoms with Crippen molar-refractivity contribution in [3.63, 3.8) is 0 Å². The standard InChI is InChI=1S/C7H7N3.C2H6/c1-6-3-2-4-10-7(6)8-5-9-10;1-2/h2-5H,1H3;1-2H3. The van der Waals surface area contributed by atoms with Crippen molar-refractivity contribution in [3.8, 4) is 0 Å². The molecule has 0 N–H and O–H groups in total. The van der Waals surface area contributed by atoms with Crippen LogP contribution in [-0.4, -0.2) is 14.6 Å². The third-order valence-electron chi connectivity index (χ3n) is 1.50. The van der Waals surface area contributed by atoms with E-state index in [9.17, 15) is 0 Å². The van der Waals surface area contributed by atoms with Gasteiger partial charge in [0.05, 0.1) is 0 Å². The molecule has 3 nitrogen and oxygen atoms in total. The highest BCUT2D eigenvalue weighted by atomic mass is 15.3. The first kappa shape index (κ1) is 8.71. The van der Waals surface area contributed by atoms with E-state index in [1.165, 1.54) is 0 Å². The third kappa shape index (κ3) is 1.44. The van der Waals surface area contributed by atoms with Gasteiger partial charge in [-0.1, -0.05) is 19.9 Å². The van der Waals surface area contributed by atoms with E-state index in [1.807, 2.05) is 39.1 Å². The Hall–Kier alpha value is -1.38. The minimum absolute atomic E-state index is 0.933. The second-order valence-corrected chi connectivity index (χ2v) is 2.22. The molecule has 0 saturated carbocycles. The van der Waals surface area contributed by atoms with Crippen molar-refractivity contribution in [2.75, 3.05) is 0 Å². The lowest BCUT2D eigenvalue weighted by Crippen LogP contribution is -1.87. The van der Waals surface area contributed by atoms with Crippen molar-refractivity contribution in [1.29, 1.82) is 0 Å². The topological polar surface area (TPSA) is 30.2 Å². The van der Waals surface area contributed by atoms with Gasteiger partial charge in [0, 0.05) is 6.20 Å². The third-order valence-corrected chi connectivity index (χ3v) is 1.50. The molecule has 0 atom stereocenters. The zero-order valence-electron chi connectivity index (χ0n) is 7.65. The summed E-state index contributed by atoms with van der Waals surface area (Å²) < 4.78 is 1.76. The number of aryl methyl sites for hydroxylation is 1. The number of pyridine rings is 1. The normalized spacial score (nSPS) is 9.25. The Bertz CT molecular complexity index is 351. The average Bonchev–Trinajstić information content (AvgIpc) is 2.57. The Kier molecular flexibility index (Phi) is 2.80. The maximum atomic E-state index is 4.07. The Morgan fingerprint density at radius 1 is 1.33 bits per heavy atom. The van der Waals surface area contributed by atoms with Crippen LogP contribution < -0.4 is 0 Å². The fourth-order valence-electron chi connectivity index (χ4n) is 0.985. The summed E-state index contributed by atoms with van der Waals surface area (Å²) in [5.74, 6) is 0. The molecule has 0 spiro atoms. The molecule has 0 radical (unpaired) electrons. The zero-order valence-corrected chi connectivity index (χ0v) is 7.65. The largest absolute Gasteiger partial charge is 0.221 e. The number of hydrogen-bond acceptors (Lipinski definition) is 2. The van der Waals surface area contributed by atoms with Gasteiger partial charge in [0.2, 0.25) is 0 Å². The van der Waals surface area contributed by atoms with Crippen LogP contribution in [-0.2, 0) is 0 Å². The molecule has 0 aromatic carbocycles. The first-order valence-corrected chi connectivity index (χ1v) is 4.13. The van der Waals surface area contributed by atoms with Gasteiger partial charge < -0.3 is 0 Å². The van der Waals surface area contributed by atoms with Crippen LogP contribution in [0, 0.1) is 6.92 Å². The molecule has 0 saturated heterocycles. The Morgan fingerprint density at radius 3 is 2.75 bits per heavy atom. The first-order chi connectivity index (χ1) is 5.88. The van der Waals surface area contributed by atoms with Crippen molar-refractivity contribution >= 4 is 5.65 Å². The molecule has 2 aromatic heterocycles. The fourth-order valence-corrected chi connectivity index (χ4v) is 0.985. The van der Waals surface area contributed by atoms with Gasteiger partial charge in [0.15, 0.2) is 5.65 Å². The predicted molar refractivity (Wildman–Crippen MR) is 49.1 cm³/mol. The quantitative estimate of drug-likeness (QED) is 0.595. The fraction of sp³-hybridized carbons (Fsp3) is 0.333. The smallest absolute Gasteiger partial charge is 0.158 e. The molecule has 12 heavy (non-hydrogen) atoms. The highest BCUT2D eigenvalue weighted by Crippen LogP contribution is 2.03. The lowest BCUT2D eigenvalue weighted by atomic mass is 10.3. The molecule has 0 unspecified atom stereocenters. The van der Waals surface area contributed by atoms with Crippen molar-refractivity contribution in [3.05, 3.63) is 30.2 Å². The number of fused-ring (bicyclic) bond motifs is 1. The molecule has 0 aliphatic carbocycles. The maximum Gasteiger partial charge on any atom is 0.158 e. The molecule has 3 heteroatoms. The highest BCUT2D eigenvalue weighted by molar-refractivity contribution is 5.44. The molecule has 0 aliphatic heterocycles. The predicted octanol–water partition coefficient (Wildman–Crippen LogP) is 2.06. The molecule has 2 rings (SSSR count). The van der Waals surface area contributed by atoms with E-state index in [4.69, 9.17) is 0 Å². The van der Waals surface area contributed by atoms with Crippen molar-refractivity contribution in [2.45, 2.75) is 20.8 Å². The van der Waals surface area contributed by atoms with Crippen LogP contribution >= 0.6 is 0 Å². The summed E-state index contributed by atoms with van der Waals surface area (Å²) in [4.78, 5) is 4.07. The van der Waals surface area contributed by atoms with E-state index < -0.39 is 0 Å². The van der Waals surface area contributed by atoms with Gasteiger partial charge in [0.25, 0.3) is 0 Å². The lowest BCUT2D eigenvalue weighted by Gasteiger charge is -1.92. The van der Waals surface area contributed by atoms with Gasteiger partial charge in [-0.25, -0.2) is 9.50 Å².